The number of amides is 2. The molecule has 0 saturated carbocycles. The number of rotatable bonds is 6. The van der Waals surface area contributed by atoms with Crippen molar-refractivity contribution in [1.29, 1.82) is 0 Å². The number of benzene rings is 1. The maximum atomic E-state index is 12.4. The van der Waals surface area contributed by atoms with Crippen LogP contribution in [-0.2, 0) is 11.3 Å². The molecule has 1 N–H and O–H groups in total. The number of nitrogens with zero attached hydrogens (tertiary/aromatic N) is 4. The first-order valence-electron chi connectivity index (χ1n) is 8.84. The van der Waals surface area contributed by atoms with Crippen molar-refractivity contribution in [2.24, 2.45) is 0 Å². The van der Waals surface area contributed by atoms with Gasteiger partial charge in [-0.1, -0.05) is 19.1 Å². The Kier molecular flexibility index (Phi) is 6.00. The Morgan fingerprint density at radius 3 is 2.92 bits per heavy atom. The molecule has 0 aliphatic carbocycles. The van der Waals surface area contributed by atoms with Crippen molar-refractivity contribution in [3.8, 4) is 5.69 Å². The summed E-state index contributed by atoms with van der Waals surface area (Å²) in [5, 5.41) is 7.09. The molecule has 7 heteroatoms. The van der Waals surface area contributed by atoms with E-state index in [-0.39, 0.29) is 12.1 Å². The molecule has 2 aromatic rings. The predicted octanol–water partition coefficient (Wildman–Crippen LogP) is 2.37. The Labute approximate surface area is 148 Å². The second kappa shape index (κ2) is 8.62. The van der Waals surface area contributed by atoms with Crippen molar-refractivity contribution in [3.63, 3.8) is 0 Å². The summed E-state index contributed by atoms with van der Waals surface area (Å²) in [5.74, 6) is 0. The molecular weight excluding hydrogens is 318 g/mol. The SMILES string of the molecule is CCCO[C@H]1CCCN(C(=O)NCc2ccc(-n3cncn3)cc2)C1. The first-order chi connectivity index (χ1) is 12.3. The number of hydrogen-bond donors (Lipinski definition) is 1. The normalized spacial score (nSPS) is 17.5. The van der Waals surface area contributed by atoms with Crippen LogP contribution in [0.2, 0.25) is 0 Å². The van der Waals surface area contributed by atoms with Crippen LogP contribution < -0.4 is 5.32 Å². The quantitative estimate of drug-likeness (QED) is 0.874. The van der Waals surface area contributed by atoms with Gasteiger partial charge in [0.1, 0.15) is 12.7 Å². The van der Waals surface area contributed by atoms with E-state index in [1.807, 2.05) is 29.2 Å². The highest BCUT2D eigenvalue weighted by atomic mass is 16.5. The standard InChI is InChI=1S/C18H25N5O2/c1-2-10-25-17-4-3-9-22(12-17)18(24)20-11-15-5-7-16(8-6-15)23-14-19-13-21-23/h5-8,13-14,17H,2-4,9-12H2,1H3,(H,20,24)/t17-/m0/s1. The highest BCUT2D eigenvalue weighted by Crippen LogP contribution is 2.14. The Morgan fingerprint density at radius 2 is 2.20 bits per heavy atom. The second-order valence-electron chi connectivity index (χ2n) is 6.25. The van der Waals surface area contributed by atoms with Gasteiger partial charge in [-0.3, -0.25) is 0 Å². The van der Waals surface area contributed by atoms with E-state index in [9.17, 15) is 4.79 Å². The average molecular weight is 343 g/mol. The number of nitrogens with one attached hydrogen (secondary N) is 1. The molecule has 1 atom stereocenters. The number of hydrogen-bond acceptors (Lipinski definition) is 4. The minimum atomic E-state index is -0.0230. The van der Waals surface area contributed by atoms with E-state index < -0.39 is 0 Å². The third kappa shape index (κ3) is 4.79. The van der Waals surface area contributed by atoms with E-state index in [2.05, 4.69) is 22.3 Å². The lowest BCUT2D eigenvalue weighted by atomic mass is 10.1. The molecule has 1 aromatic carbocycles. The van der Waals surface area contributed by atoms with Gasteiger partial charge in [-0.25, -0.2) is 14.5 Å². The third-order valence-electron chi connectivity index (χ3n) is 4.29. The molecule has 0 bridgehead atoms. The van der Waals surface area contributed by atoms with Crippen molar-refractivity contribution in [2.75, 3.05) is 19.7 Å². The van der Waals surface area contributed by atoms with Crippen molar-refractivity contribution < 1.29 is 9.53 Å². The Balaban J connectivity index is 1.48. The molecule has 1 aliphatic rings. The zero-order valence-corrected chi connectivity index (χ0v) is 14.6. The summed E-state index contributed by atoms with van der Waals surface area (Å²) in [5.41, 5.74) is 1.99. The number of ether oxygens (including phenoxy) is 1. The van der Waals surface area contributed by atoms with E-state index in [0.29, 0.717) is 13.1 Å². The number of carbonyl (C=O) groups is 1. The smallest absolute Gasteiger partial charge is 0.317 e. The molecule has 1 saturated heterocycles. The van der Waals surface area contributed by atoms with Crippen molar-refractivity contribution in [2.45, 2.75) is 38.8 Å². The summed E-state index contributed by atoms with van der Waals surface area (Å²) in [4.78, 5) is 18.2. The Morgan fingerprint density at radius 1 is 1.36 bits per heavy atom. The number of likely N-dealkylation sites (tertiary alicyclic amines) is 1. The van der Waals surface area contributed by atoms with Crippen LogP contribution in [0.5, 0.6) is 0 Å². The van der Waals surface area contributed by atoms with Gasteiger partial charge in [0.15, 0.2) is 0 Å². The first-order valence-corrected chi connectivity index (χ1v) is 8.84. The fourth-order valence-corrected chi connectivity index (χ4v) is 2.94. The van der Waals surface area contributed by atoms with Crippen LogP contribution >= 0.6 is 0 Å². The fraction of sp³-hybridized carbons (Fsp3) is 0.500. The molecule has 0 spiro atoms. The Hall–Kier alpha value is -2.41. The molecule has 1 aromatic heterocycles. The summed E-state index contributed by atoms with van der Waals surface area (Å²) < 4.78 is 7.49. The summed E-state index contributed by atoms with van der Waals surface area (Å²) in [6, 6.07) is 7.88. The number of piperidine rings is 1. The molecule has 1 aliphatic heterocycles. The Bertz CT molecular complexity index is 657. The molecule has 25 heavy (non-hydrogen) atoms. The first kappa shape index (κ1) is 17.4. The average Bonchev–Trinajstić information content (AvgIpc) is 3.20. The molecule has 134 valence electrons. The fourth-order valence-electron chi connectivity index (χ4n) is 2.94. The lowest BCUT2D eigenvalue weighted by Crippen LogP contribution is -2.47. The van der Waals surface area contributed by atoms with Gasteiger partial charge in [0.05, 0.1) is 11.8 Å². The zero-order chi connectivity index (χ0) is 17.5. The van der Waals surface area contributed by atoms with Gasteiger partial charge in [0.2, 0.25) is 0 Å². The molecule has 0 radical (unpaired) electrons. The largest absolute Gasteiger partial charge is 0.376 e. The molecule has 2 heterocycles. The van der Waals surface area contributed by atoms with Gasteiger partial charge in [-0.2, -0.15) is 5.10 Å². The topological polar surface area (TPSA) is 72.3 Å². The molecular formula is C18H25N5O2. The predicted molar refractivity (Wildman–Crippen MR) is 94.4 cm³/mol. The molecule has 0 unspecified atom stereocenters. The number of aromatic nitrogens is 3. The highest BCUT2D eigenvalue weighted by Gasteiger charge is 2.23. The van der Waals surface area contributed by atoms with Gasteiger partial charge in [-0.05, 0) is 37.0 Å². The zero-order valence-electron chi connectivity index (χ0n) is 14.6. The monoisotopic (exact) mass is 343 g/mol. The van der Waals surface area contributed by atoms with E-state index in [1.165, 1.54) is 6.33 Å². The third-order valence-corrected chi connectivity index (χ3v) is 4.29. The lowest BCUT2D eigenvalue weighted by Gasteiger charge is -2.32. The van der Waals surface area contributed by atoms with E-state index in [1.54, 1.807) is 11.0 Å². The van der Waals surface area contributed by atoms with Crippen LogP contribution in [0.3, 0.4) is 0 Å². The van der Waals surface area contributed by atoms with Crippen LogP contribution in [0.4, 0.5) is 4.79 Å². The molecule has 1 fully saturated rings. The molecule has 3 rings (SSSR count). The van der Waals surface area contributed by atoms with E-state index in [4.69, 9.17) is 4.74 Å². The van der Waals surface area contributed by atoms with Crippen molar-refractivity contribution >= 4 is 6.03 Å². The summed E-state index contributed by atoms with van der Waals surface area (Å²) >= 11 is 0. The van der Waals surface area contributed by atoms with Gasteiger partial charge in [-0.15, -0.1) is 0 Å². The van der Waals surface area contributed by atoms with Crippen LogP contribution in [0.25, 0.3) is 5.69 Å². The number of carbonyl (C=O) groups excluding carboxylic acids is 1. The van der Waals surface area contributed by atoms with Crippen LogP contribution in [0, 0.1) is 0 Å². The lowest BCUT2D eigenvalue weighted by molar-refractivity contribution is 0.0100. The van der Waals surface area contributed by atoms with Crippen LogP contribution in [-0.4, -0.2) is 51.5 Å². The summed E-state index contributed by atoms with van der Waals surface area (Å²) in [7, 11) is 0. The van der Waals surface area contributed by atoms with Crippen LogP contribution in [0.15, 0.2) is 36.9 Å². The van der Waals surface area contributed by atoms with Crippen LogP contribution in [0.1, 0.15) is 31.7 Å². The van der Waals surface area contributed by atoms with Gasteiger partial charge < -0.3 is 15.0 Å². The maximum Gasteiger partial charge on any atom is 0.317 e. The minimum absolute atomic E-state index is 0.0230. The highest BCUT2D eigenvalue weighted by molar-refractivity contribution is 5.74. The van der Waals surface area contributed by atoms with E-state index >= 15 is 0 Å². The van der Waals surface area contributed by atoms with E-state index in [0.717, 1.165) is 43.7 Å². The second-order valence-corrected chi connectivity index (χ2v) is 6.25. The molecule has 2 amide bonds. The van der Waals surface area contributed by atoms with Gasteiger partial charge in [0.25, 0.3) is 0 Å². The van der Waals surface area contributed by atoms with Crippen molar-refractivity contribution in [1.82, 2.24) is 25.0 Å². The summed E-state index contributed by atoms with van der Waals surface area (Å²) in [6.07, 6.45) is 6.37. The van der Waals surface area contributed by atoms with Crippen molar-refractivity contribution in [3.05, 3.63) is 42.5 Å². The number of urea groups is 1. The maximum absolute atomic E-state index is 12.4. The molecule has 7 nitrogen and oxygen atoms in total. The van der Waals surface area contributed by atoms with Gasteiger partial charge >= 0.3 is 6.03 Å². The minimum Gasteiger partial charge on any atom is -0.376 e. The van der Waals surface area contributed by atoms with Gasteiger partial charge in [0, 0.05) is 26.2 Å². The summed E-state index contributed by atoms with van der Waals surface area (Å²) in [6.45, 7) is 4.84.